The molecule has 4 aliphatic carbocycles. The molecule has 4 rings (SSSR count). The number of allylic oxidation sites excluding steroid dienone is 4. The normalized spacial score (nSPS) is 46.1. The lowest BCUT2D eigenvalue weighted by molar-refractivity contribution is -0.144. The molecule has 2 fully saturated rings. The van der Waals surface area contributed by atoms with Gasteiger partial charge in [-0.25, -0.2) is 0 Å². The molecule has 2 saturated carbocycles. The van der Waals surface area contributed by atoms with Crippen LogP contribution in [-0.2, 0) is 14.3 Å². The second-order valence-corrected chi connectivity index (χ2v) is 8.94. The van der Waals surface area contributed by atoms with Gasteiger partial charge < -0.3 is 9.84 Å². The number of hydrogen-bond acceptors (Lipinski definition) is 4. The molecular formula is C21H28O4. The van der Waals surface area contributed by atoms with Crippen molar-refractivity contribution in [2.75, 3.05) is 7.11 Å². The van der Waals surface area contributed by atoms with E-state index in [2.05, 4.69) is 6.92 Å². The number of ketones is 1. The van der Waals surface area contributed by atoms with E-state index in [-0.39, 0.29) is 23.2 Å². The van der Waals surface area contributed by atoms with Crippen molar-refractivity contribution in [2.24, 2.45) is 28.6 Å². The molecule has 0 spiro atoms. The van der Waals surface area contributed by atoms with Gasteiger partial charge in [-0.2, -0.15) is 0 Å². The van der Waals surface area contributed by atoms with Gasteiger partial charge in [0.05, 0.1) is 19.0 Å². The predicted octanol–water partition coefficient (Wildman–Crippen LogP) is 3.20. The maximum atomic E-state index is 12.5. The summed E-state index contributed by atoms with van der Waals surface area (Å²) in [6.45, 7) is 4.24. The molecule has 4 nitrogen and oxygen atoms in total. The van der Waals surface area contributed by atoms with Gasteiger partial charge >= 0.3 is 0 Å². The number of aldehydes is 1. The summed E-state index contributed by atoms with van der Waals surface area (Å²) in [7, 11) is 1.67. The highest BCUT2D eigenvalue weighted by molar-refractivity contribution is 5.87. The topological polar surface area (TPSA) is 63.6 Å². The van der Waals surface area contributed by atoms with Gasteiger partial charge in [-0.05, 0) is 66.1 Å². The fourth-order valence-corrected chi connectivity index (χ4v) is 6.67. The third kappa shape index (κ3) is 2.16. The number of Topliss-reactive ketones (excluding diaryl/α,β-unsaturated/α-hetero) is 1. The molecule has 0 aromatic rings. The van der Waals surface area contributed by atoms with Crippen LogP contribution in [0.5, 0.6) is 0 Å². The van der Waals surface area contributed by atoms with Crippen LogP contribution >= 0.6 is 0 Å². The van der Waals surface area contributed by atoms with Crippen LogP contribution in [0.3, 0.4) is 0 Å². The van der Waals surface area contributed by atoms with Gasteiger partial charge in [0.2, 0.25) is 0 Å². The first kappa shape index (κ1) is 17.0. The van der Waals surface area contributed by atoms with Gasteiger partial charge in [-0.1, -0.05) is 13.8 Å². The quantitative estimate of drug-likeness (QED) is 0.782. The van der Waals surface area contributed by atoms with Gasteiger partial charge in [0.25, 0.3) is 0 Å². The maximum Gasteiger partial charge on any atom is 0.146 e. The minimum absolute atomic E-state index is 0.116. The third-order valence-corrected chi connectivity index (χ3v) is 7.92. The van der Waals surface area contributed by atoms with Crippen LogP contribution in [0, 0.1) is 28.6 Å². The number of carbonyl (C=O) groups is 2. The second kappa shape index (κ2) is 5.54. The molecule has 0 unspecified atom stereocenters. The van der Waals surface area contributed by atoms with Crippen LogP contribution in [0.25, 0.3) is 0 Å². The Morgan fingerprint density at radius 3 is 2.72 bits per heavy atom. The number of hydrogen-bond donors (Lipinski definition) is 1. The van der Waals surface area contributed by atoms with Gasteiger partial charge in [0.15, 0.2) is 0 Å². The molecule has 0 amide bonds. The number of aliphatic hydroxyl groups excluding tert-OH is 1. The largest absolute Gasteiger partial charge is 0.501 e. The Morgan fingerprint density at radius 2 is 2.04 bits per heavy atom. The van der Waals surface area contributed by atoms with Crippen LogP contribution in [0.15, 0.2) is 23.0 Å². The number of fused-ring (bicyclic) bond motifs is 5. The van der Waals surface area contributed by atoms with Crippen molar-refractivity contribution in [3.05, 3.63) is 23.0 Å². The summed E-state index contributed by atoms with van der Waals surface area (Å²) in [5.41, 5.74) is 1.27. The Balaban J connectivity index is 1.84. The minimum Gasteiger partial charge on any atom is -0.501 e. The van der Waals surface area contributed by atoms with E-state index in [9.17, 15) is 14.7 Å². The lowest BCUT2D eigenvalue weighted by Gasteiger charge is -2.58. The Morgan fingerprint density at radius 1 is 1.28 bits per heavy atom. The lowest BCUT2D eigenvalue weighted by Crippen LogP contribution is -2.56. The van der Waals surface area contributed by atoms with E-state index < -0.39 is 11.5 Å². The first-order chi connectivity index (χ1) is 11.8. The highest BCUT2D eigenvalue weighted by atomic mass is 16.5. The molecule has 6 atom stereocenters. The Hall–Kier alpha value is -1.42. The van der Waals surface area contributed by atoms with Crippen molar-refractivity contribution in [2.45, 2.75) is 58.5 Å². The maximum absolute atomic E-state index is 12.5. The molecule has 0 bridgehead atoms. The van der Waals surface area contributed by atoms with Crippen LogP contribution in [-0.4, -0.2) is 30.4 Å². The summed E-state index contributed by atoms with van der Waals surface area (Å²) >= 11 is 0. The van der Waals surface area contributed by atoms with Crippen LogP contribution in [0.4, 0.5) is 0 Å². The van der Waals surface area contributed by atoms with Gasteiger partial charge in [-0.15, -0.1) is 0 Å². The van der Waals surface area contributed by atoms with Crippen molar-refractivity contribution in [1.82, 2.24) is 0 Å². The standard InChI is InChI=1S/C21H28O4/c1-20-7-6-13(25-3)9-16(20)12(11-22)8-14-15-4-5-18(24)21(15,2)10-17(23)19(14)20/h9,11,14-15,17,19,23H,4-8,10H2,1-3H3/t14-,15-,17-,19+,20-,21-/m0/s1. The number of ether oxygens (including phenoxy) is 1. The summed E-state index contributed by atoms with van der Waals surface area (Å²) in [5, 5.41) is 11.1. The summed E-state index contributed by atoms with van der Waals surface area (Å²) in [6.07, 6.45) is 7.02. The third-order valence-electron chi connectivity index (χ3n) is 7.92. The molecule has 1 N–H and O–H groups in total. The average molecular weight is 344 g/mol. The molecule has 0 heterocycles. The molecule has 25 heavy (non-hydrogen) atoms. The van der Waals surface area contributed by atoms with Gasteiger partial charge in [0, 0.05) is 18.3 Å². The van der Waals surface area contributed by atoms with E-state index in [0.717, 1.165) is 42.5 Å². The fourth-order valence-electron chi connectivity index (χ4n) is 6.67. The summed E-state index contributed by atoms with van der Waals surface area (Å²) in [6, 6.07) is 0. The first-order valence-corrected chi connectivity index (χ1v) is 9.50. The number of carbonyl (C=O) groups excluding carboxylic acids is 2. The molecule has 0 aliphatic heterocycles. The van der Waals surface area contributed by atoms with E-state index in [1.807, 2.05) is 13.0 Å². The molecule has 0 aromatic carbocycles. The zero-order chi connectivity index (χ0) is 18.0. The van der Waals surface area contributed by atoms with E-state index in [1.165, 1.54) is 0 Å². The van der Waals surface area contributed by atoms with E-state index in [0.29, 0.717) is 25.0 Å². The van der Waals surface area contributed by atoms with Crippen molar-refractivity contribution in [3.8, 4) is 0 Å². The fraction of sp³-hybridized carbons (Fsp3) is 0.714. The van der Waals surface area contributed by atoms with E-state index in [1.54, 1.807) is 7.11 Å². The van der Waals surface area contributed by atoms with E-state index >= 15 is 0 Å². The average Bonchev–Trinajstić information content (AvgIpc) is 2.88. The van der Waals surface area contributed by atoms with Crippen LogP contribution < -0.4 is 0 Å². The SMILES string of the molecule is COC1=CC2=C(C=O)C[C@@H]3[C@H]([C@@H](O)C[C@]4(C)C(=O)CC[C@@H]34)[C@@]2(C)CC1. The smallest absolute Gasteiger partial charge is 0.146 e. The van der Waals surface area contributed by atoms with Crippen LogP contribution in [0.2, 0.25) is 0 Å². The Labute approximate surface area is 149 Å². The summed E-state index contributed by atoms with van der Waals surface area (Å²) < 4.78 is 5.44. The lowest BCUT2D eigenvalue weighted by atomic mass is 9.47. The van der Waals surface area contributed by atoms with Gasteiger partial charge in [0.1, 0.15) is 12.1 Å². The molecule has 0 aromatic heterocycles. The van der Waals surface area contributed by atoms with Crippen LogP contribution in [0.1, 0.15) is 52.4 Å². The zero-order valence-corrected chi connectivity index (χ0v) is 15.4. The van der Waals surface area contributed by atoms with Crippen molar-refractivity contribution in [1.29, 1.82) is 0 Å². The molecule has 4 heteroatoms. The van der Waals surface area contributed by atoms with E-state index in [4.69, 9.17) is 4.74 Å². The highest BCUT2D eigenvalue weighted by Crippen LogP contribution is 2.64. The van der Waals surface area contributed by atoms with Gasteiger partial charge in [-0.3, -0.25) is 9.59 Å². The second-order valence-electron chi connectivity index (χ2n) is 8.94. The summed E-state index contributed by atoms with van der Waals surface area (Å²) in [4.78, 5) is 24.4. The monoisotopic (exact) mass is 344 g/mol. The Kier molecular flexibility index (Phi) is 3.77. The highest BCUT2D eigenvalue weighted by Gasteiger charge is 2.62. The Bertz CT molecular complexity index is 690. The minimum atomic E-state index is -0.487. The number of aliphatic hydroxyl groups is 1. The first-order valence-electron chi connectivity index (χ1n) is 9.50. The molecular weight excluding hydrogens is 316 g/mol. The molecule has 0 saturated heterocycles. The molecule has 4 aliphatic rings. The molecule has 136 valence electrons. The number of methoxy groups -OCH3 is 1. The van der Waals surface area contributed by atoms with Crippen molar-refractivity contribution in [3.63, 3.8) is 0 Å². The zero-order valence-electron chi connectivity index (χ0n) is 15.4. The summed E-state index contributed by atoms with van der Waals surface area (Å²) in [5.74, 6) is 1.83. The predicted molar refractivity (Wildman–Crippen MR) is 93.6 cm³/mol. The van der Waals surface area contributed by atoms with Crippen molar-refractivity contribution < 1.29 is 19.4 Å². The molecule has 0 radical (unpaired) electrons. The van der Waals surface area contributed by atoms with Crippen molar-refractivity contribution >= 4 is 12.1 Å². The number of rotatable bonds is 2.